The number of carbonyl (C=O) groups excluding carboxylic acids is 1. The van der Waals surface area contributed by atoms with E-state index < -0.39 is 10.0 Å². The molecule has 168 valence electrons. The number of hydrogen-bond donors (Lipinski definition) is 2. The first-order valence-corrected chi connectivity index (χ1v) is 12.3. The highest BCUT2D eigenvalue weighted by Gasteiger charge is 2.22. The van der Waals surface area contributed by atoms with Gasteiger partial charge in [-0.15, -0.1) is 0 Å². The molecule has 1 aliphatic rings. The van der Waals surface area contributed by atoms with E-state index in [9.17, 15) is 13.2 Å². The van der Waals surface area contributed by atoms with Gasteiger partial charge in [0.2, 0.25) is 10.0 Å². The molecule has 1 aromatic heterocycles. The molecule has 0 saturated carbocycles. The fourth-order valence-electron chi connectivity index (χ4n) is 3.61. The Morgan fingerprint density at radius 2 is 1.66 bits per heavy atom. The van der Waals surface area contributed by atoms with Crippen molar-refractivity contribution in [2.75, 3.05) is 23.3 Å². The van der Waals surface area contributed by atoms with E-state index >= 15 is 0 Å². The number of amides is 1. The minimum Gasteiger partial charge on any atom is -0.354 e. The Kier molecular flexibility index (Phi) is 6.38. The van der Waals surface area contributed by atoms with Crippen LogP contribution in [0, 0.1) is 0 Å². The second kappa shape index (κ2) is 9.22. The second-order valence-corrected chi connectivity index (χ2v) is 9.70. The van der Waals surface area contributed by atoms with Crippen LogP contribution in [0.3, 0.4) is 0 Å². The van der Waals surface area contributed by atoms with Crippen molar-refractivity contribution in [1.82, 2.24) is 14.7 Å². The number of nitrogens with one attached hydrogen (secondary N) is 2. The summed E-state index contributed by atoms with van der Waals surface area (Å²) in [6, 6.07) is 13.3. The van der Waals surface area contributed by atoms with Gasteiger partial charge >= 0.3 is 0 Å². The van der Waals surface area contributed by atoms with Crippen molar-refractivity contribution in [3.8, 4) is 0 Å². The van der Waals surface area contributed by atoms with Gasteiger partial charge in [0.15, 0.2) is 11.6 Å². The van der Waals surface area contributed by atoms with E-state index in [4.69, 9.17) is 4.98 Å². The van der Waals surface area contributed by atoms with E-state index in [0.717, 1.165) is 31.4 Å². The van der Waals surface area contributed by atoms with Crippen LogP contribution in [0.25, 0.3) is 11.0 Å². The van der Waals surface area contributed by atoms with Crippen LogP contribution in [0.1, 0.15) is 43.5 Å². The lowest BCUT2D eigenvalue weighted by Crippen LogP contribution is -2.32. The number of sulfonamides is 1. The molecule has 0 spiro atoms. The number of hydrogen-bond acceptors (Lipinski definition) is 6. The first kappa shape index (κ1) is 22.2. The van der Waals surface area contributed by atoms with Gasteiger partial charge in [-0.25, -0.2) is 23.1 Å². The minimum absolute atomic E-state index is 0.123. The fourth-order valence-corrected chi connectivity index (χ4v) is 4.93. The van der Waals surface area contributed by atoms with Gasteiger partial charge in [0.25, 0.3) is 5.91 Å². The smallest absolute Gasteiger partial charge is 0.256 e. The average Bonchev–Trinajstić information content (AvgIpc) is 3.33. The van der Waals surface area contributed by atoms with E-state index in [1.54, 1.807) is 0 Å². The van der Waals surface area contributed by atoms with Crippen molar-refractivity contribution in [2.45, 2.75) is 44.0 Å². The van der Waals surface area contributed by atoms with Gasteiger partial charge in [-0.05, 0) is 62.6 Å². The van der Waals surface area contributed by atoms with Gasteiger partial charge in [-0.1, -0.05) is 19.1 Å². The summed E-state index contributed by atoms with van der Waals surface area (Å²) in [5.74, 6) is 0.700. The summed E-state index contributed by atoms with van der Waals surface area (Å²) in [4.78, 5) is 24.6. The monoisotopic (exact) mass is 453 g/mol. The second-order valence-electron chi connectivity index (χ2n) is 7.99. The van der Waals surface area contributed by atoms with Gasteiger partial charge < -0.3 is 10.2 Å². The van der Waals surface area contributed by atoms with Crippen molar-refractivity contribution in [2.24, 2.45) is 0 Å². The molecular weight excluding hydrogens is 426 g/mol. The van der Waals surface area contributed by atoms with E-state index in [-0.39, 0.29) is 16.8 Å². The molecule has 4 rings (SSSR count). The number of benzene rings is 2. The highest BCUT2D eigenvalue weighted by atomic mass is 32.2. The highest BCUT2D eigenvalue weighted by molar-refractivity contribution is 7.89. The molecule has 3 aromatic rings. The van der Waals surface area contributed by atoms with Crippen LogP contribution < -0.4 is 14.9 Å². The van der Waals surface area contributed by atoms with E-state index in [2.05, 4.69) is 19.9 Å². The molecule has 0 bridgehead atoms. The first-order chi connectivity index (χ1) is 15.4. The van der Waals surface area contributed by atoms with Gasteiger partial charge in [0.05, 0.1) is 15.9 Å². The SMILES string of the molecule is CCC(C)NS(=O)(=O)c1ccc(C(=O)Nc2nc3ccccc3nc2N2CCCC2)cc1. The van der Waals surface area contributed by atoms with Crippen molar-refractivity contribution >= 4 is 38.6 Å². The number of para-hydroxylation sites is 2. The zero-order valence-electron chi connectivity index (χ0n) is 18.2. The molecular formula is C23H27N5O3S. The Balaban J connectivity index is 1.59. The zero-order valence-corrected chi connectivity index (χ0v) is 19.0. The molecule has 8 nitrogen and oxygen atoms in total. The minimum atomic E-state index is -3.63. The maximum absolute atomic E-state index is 12.9. The van der Waals surface area contributed by atoms with Crippen LogP contribution in [-0.4, -0.2) is 43.4 Å². The maximum Gasteiger partial charge on any atom is 0.256 e. The Labute approximate surface area is 188 Å². The summed E-state index contributed by atoms with van der Waals surface area (Å²) in [5.41, 5.74) is 1.81. The summed E-state index contributed by atoms with van der Waals surface area (Å²) >= 11 is 0. The molecule has 1 saturated heterocycles. The molecule has 9 heteroatoms. The zero-order chi connectivity index (χ0) is 22.7. The molecule has 1 fully saturated rings. The van der Waals surface area contributed by atoms with Crippen LogP contribution in [0.5, 0.6) is 0 Å². The third-order valence-corrected chi connectivity index (χ3v) is 7.19. The van der Waals surface area contributed by atoms with Crippen LogP contribution >= 0.6 is 0 Å². The Morgan fingerprint density at radius 1 is 1.03 bits per heavy atom. The number of aromatic nitrogens is 2. The lowest BCUT2D eigenvalue weighted by atomic mass is 10.2. The number of carbonyl (C=O) groups is 1. The normalized spacial score (nSPS) is 15.1. The quantitative estimate of drug-likeness (QED) is 0.567. The Morgan fingerprint density at radius 3 is 2.28 bits per heavy atom. The van der Waals surface area contributed by atoms with Gasteiger partial charge in [0, 0.05) is 24.7 Å². The van der Waals surface area contributed by atoms with Gasteiger partial charge in [-0.2, -0.15) is 0 Å². The average molecular weight is 454 g/mol. The van der Waals surface area contributed by atoms with Crippen molar-refractivity contribution in [3.05, 3.63) is 54.1 Å². The molecule has 2 heterocycles. The molecule has 2 aromatic carbocycles. The van der Waals surface area contributed by atoms with Gasteiger partial charge in [-0.3, -0.25) is 4.79 Å². The third kappa shape index (κ3) is 4.73. The van der Waals surface area contributed by atoms with Crippen LogP contribution in [-0.2, 0) is 10.0 Å². The number of anilines is 2. The fraction of sp³-hybridized carbons (Fsp3) is 0.348. The van der Waals surface area contributed by atoms with Crippen LogP contribution in [0.4, 0.5) is 11.6 Å². The summed E-state index contributed by atoms with van der Waals surface area (Å²) < 4.78 is 27.5. The highest BCUT2D eigenvalue weighted by Crippen LogP contribution is 2.28. The van der Waals surface area contributed by atoms with Gasteiger partial charge in [0.1, 0.15) is 0 Å². The molecule has 0 aliphatic carbocycles. The topological polar surface area (TPSA) is 104 Å². The van der Waals surface area contributed by atoms with Crippen LogP contribution in [0.15, 0.2) is 53.4 Å². The Hall–Kier alpha value is -3.04. The predicted octanol–water partition coefficient (Wildman–Crippen LogP) is 3.56. The molecule has 1 amide bonds. The standard InChI is InChI=1S/C23H27N5O3S/c1-3-16(2)27-32(30,31)18-12-10-17(11-13-18)23(29)26-21-22(28-14-6-7-15-28)25-20-9-5-4-8-19(20)24-21/h4-5,8-13,16,27H,3,6-7,14-15H2,1-2H3,(H,24,26,29). The summed E-state index contributed by atoms with van der Waals surface area (Å²) in [6.45, 7) is 5.45. The van der Waals surface area contributed by atoms with Crippen molar-refractivity contribution in [1.29, 1.82) is 0 Å². The van der Waals surface area contributed by atoms with E-state index in [1.807, 2.05) is 38.1 Å². The van der Waals surface area contributed by atoms with Crippen LogP contribution in [0.2, 0.25) is 0 Å². The lowest BCUT2D eigenvalue weighted by molar-refractivity contribution is 0.102. The number of rotatable bonds is 7. The Bertz CT molecular complexity index is 1220. The van der Waals surface area contributed by atoms with Crippen molar-refractivity contribution < 1.29 is 13.2 Å². The predicted molar refractivity (Wildman–Crippen MR) is 125 cm³/mol. The number of nitrogens with zero attached hydrogens (tertiary/aromatic N) is 3. The lowest BCUT2D eigenvalue weighted by Gasteiger charge is -2.20. The first-order valence-electron chi connectivity index (χ1n) is 10.8. The molecule has 0 radical (unpaired) electrons. The maximum atomic E-state index is 12.9. The summed E-state index contributed by atoms with van der Waals surface area (Å²) in [7, 11) is -3.63. The molecule has 1 aliphatic heterocycles. The largest absolute Gasteiger partial charge is 0.354 e. The number of fused-ring (bicyclic) bond motifs is 1. The molecule has 1 atom stereocenters. The van der Waals surface area contributed by atoms with E-state index in [0.29, 0.717) is 29.1 Å². The summed E-state index contributed by atoms with van der Waals surface area (Å²) in [5, 5.41) is 2.88. The molecule has 2 N–H and O–H groups in total. The molecule has 32 heavy (non-hydrogen) atoms. The molecule has 1 unspecified atom stereocenters. The van der Waals surface area contributed by atoms with E-state index in [1.165, 1.54) is 24.3 Å². The third-order valence-electron chi connectivity index (χ3n) is 5.59. The summed E-state index contributed by atoms with van der Waals surface area (Å²) in [6.07, 6.45) is 2.83. The van der Waals surface area contributed by atoms with Crippen molar-refractivity contribution in [3.63, 3.8) is 0 Å².